The molecule has 14 atom stereocenters. The second-order valence-electron chi connectivity index (χ2n) is 36.4. The number of benzene rings is 3. The number of anilines is 3. The Labute approximate surface area is 749 Å². The first kappa shape index (κ1) is 99.0. The standard InChI is InChI=1S/C27H33NO5.C27H35NO4.C26H33NO5.C24H29NO5/c1-18(2)7-6-8-19(3)15-24-27(17-25(30)33-24)16-22(13-14-23(27)29)32-26(31)20-9-11-21(12-10-20)28(4)5;1-18(2)10-9-11-19(3)14-26-27(16-20(4)31-26)17-24(32-21(5)29)23(15-25(27)30)28-22-12-7-6-8-13-22;1-17(2)9-8-10-18(3)13-24-26(16-25(30)32-24)15-22(31-19(4)28)21(14-23(26)29)27-20-11-6-5-7-12-20;1-16(2)7-5-8-17(3)13-21-24(15-22(27)30-21)14-18(10-11-20(24)26)29-23(28)19-9-6-12-25(19)4/h7,9-15,22,24H,6,8,16-17H2,1-5H3;6-8,10,12-14,23-24,26,28H,4,9,11,15-17H2,1-3,5H3;5-7,9,11-13,21-22,24,27H,8,10,14-16H2,1-4H3;6-7,9-13,18,21H,5,8,14-15H2,1-4H3/b19-15+;19-14+;18-13+;17-13+/t22-,24-,27?;23-,24-,26+,27?;21-,22+,24-,26?;18-,21-,24?/m1011/s1. The van der Waals surface area contributed by atoms with E-state index in [4.69, 9.17) is 37.9 Å². The lowest BCUT2D eigenvalue weighted by atomic mass is 9.65. The lowest BCUT2D eigenvalue weighted by molar-refractivity contribution is -0.156. The fourth-order valence-electron chi connectivity index (χ4n) is 17.6. The van der Waals surface area contributed by atoms with Gasteiger partial charge in [-0.25, -0.2) is 9.59 Å². The van der Waals surface area contributed by atoms with Crippen molar-refractivity contribution in [2.75, 3.05) is 29.6 Å². The second kappa shape index (κ2) is 45.1. The highest BCUT2D eigenvalue weighted by atomic mass is 16.6. The summed E-state index contributed by atoms with van der Waals surface area (Å²) in [5.41, 5.74) is 9.21. The van der Waals surface area contributed by atoms with Crippen molar-refractivity contribution in [2.45, 2.75) is 273 Å². The lowest BCUT2D eigenvalue weighted by Crippen LogP contribution is -2.54. The predicted molar refractivity (Wildman–Crippen MR) is 491 cm³/mol. The van der Waals surface area contributed by atoms with Crippen LogP contribution in [0.15, 0.2) is 233 Å². The second-order valence-corrected chi connectivity index (χ2v) is 36.4. The van der Waals surface area contributed by atoms with E-state index in [-0.39, 0.29) is 105 Å². The smallest absolute Gasteiger partial charge is 0.355 e. The number of aromatic nitrogens is 1. The van der Waals surface area contributed by atoms with Crippen molar-refractivity contribution in [3.8, 4) is 0 Å². The van der Waals surface area contributed by atoms with Crippen LogP contribution in [-0.4, -0.2) is 144 Å². The Morgan fingerprint density at radius 3 is 1.15 bits per heavy atom. The monoisotopic (exact) mass is 1740 g/mol. The number of ketones is 4. The molecule has 6 fully saturated rings. The highest BCUT2D eigenvalue weighted by Gasteiger charge is 2.61. The molecule has 5 heterocycles. The van der Waals surface area contributed by atoms with Crippen LogP contribution in [-0.2, 0) is 88.1 Å². The molecule has 1 aromatic heterocycles. The Kier molecular flexibility index (Phi) is 35.2. The van der Waals surface area contributed by atoms with Gasteiger partial charge in [0.2, 0.25) is 0 Å². The molecular weight excluding hydrogens is 1610 g/mol. The van der Waals surface area contributed by atoms with E-state index in [0.29, 0.717) is 29.9 Å². The number of rotatable bonds is 27. The van der Waals surface area contributed by atoms with Gasteiger partial charge in [-0.1, -0.05) is 112 Å². The average Bonchev–Trinajstić information content (AvgIpc) is 1.65. The Balaban J connectivity index is 0.000000191. The Bertz CT molecular complexity index is 4840. The summed E-state index contributed by atoms with van der Waals surface area (Å²) < 4.78 is 47.2. The Morgan fingerprint density at radius 2 is 0.795 bits per heavy atom. The predicted octanol–water partition coefficient (Wildman–Crippen LogP) is 19.4. The fraction of sp³-hybridized carbons (Fsp3) is 0.471. The van der Waals surface area contributed by atoms with Gasteiger partial charge in [0.25, 0.3) is 0 Å². The molecule has 4 saturated heterocycles. The van der Waals surface area contributed by atoms with Gasteiger partial charge in [0.1, 0.15) is 66.1 Å². The van der Waals surface area contributed by atoms with Gasteiger partial charge < -0.3 is 58.0 Å². The van der Waals surface area contributed by atoms with Gasteiger partial charge in [0.15, 0.2) is 11.6 Å². The van der Waals surface area contributed by atoms with Crippen LogP contribution in [0.25, 0.3) is 0 Å². The number of aryl methyl sites for hydroxylation is 1. The Morgan fingerprint density at radius 1 is 0.441 bits per heavy atom. The maximum atomic E-state index is 13.6. The fourth-order valence-corrected chi connectivity index (χ4v) is 17.6. The third-order valence-corrected chi connectivity index (χ3v) is 24.4. The zero-order chi connectivity index (χ0) is 92.7. The summed E-state index contributed by atoms with van der Waals surface area (Å²) in [6.45, 7) is 31.3. The number of esters is 7. The van der Waals surface area contributed by atoms with E-state index in [2.05, 4.69) is 110 Å². The van der Waals surface area contributed by atoms with Crippen LogP contribution in [0.2, 0.25) is 0 Å². The average molecular weight is 1740 g/mol. The number of Topliss-reactive ketones (excluding diaryl/α,β-unsaturated/α-hetero) is 2. The summed E-state index contributed by atoms with van der Waals surface area (Å²) in [7, 11) is 5.62. The first-order valence-electron chi connectivity index (χ1n) is 44.2. The number of hydrogen-bond donors (Lipinski definition) is 2. The van der Waals surface area contributed by atoms with Crippen molar-refractivity contribution in [3.05, 3.63) is 244 Å². The van der Waals surface area contributed by atoms with E-state index in [1.807, 2.05) is 131 Å². The van der Waals surface area contributed by atoms with Crippen LogP contribution in [0.1, 0.15) is 233 Å². The molecule has 23 nitrogen and oxygen atoms in total. The van der Waals surface area contributed by atoms with Gasteiger partial charge in [-0.05, 0) is 244 Å². The molecular formula is C104H130N4O19. The number of nitrogens with zero attached hydrogens (tertiary/aromatic N) is 2. The van der Waals surface area contributed by atoms with Crippen LogP contribution in [0, 0.1) is 21.7 Å². The van der Waals surface area contributed by atoms with Crippen LogP contribution in [0.5, 0.6) is 0 Å². The van der Waals surface area contributed by atoms with Gasteiger partial charge in [-0.3, -0.25) is 43.2 Å². The molecule has 2 saturated carbocycles. The Hall–Kier alpha value is -11.8. The van der Waals surface area contributed by atoms with Crippen LogP contribution >= 0.6 is 0 Å². The minimum Gasteiger partial charge on any atom is -0.490 e. The zero-order valence-electron chi connectivity index (χ0n) is 77.1. The summed E-state index contributed by atoms with van der Waals surface area (Å²) in [6, 6.07) is 29.2. The van der Waals surface area contributed by atoms with Gasteiger partial charge in [0.05, 0.1) is 64.3 Å². The highest BCUT2D eigenvalue weighted by Crippen LogP contribution is 2.53. The number of hydrogen-bond acceptors (Lipinski definition) is 22. The lowest BCUT2D eigenvalue weighted by Gasteiger charge is -2.42. The summed E-state index contributed by atoms with van der Waals surface area (Å²) in [5, 5.41) is 6.73. The molecule has 127 heavy (non-hydrogen) atoms. The molecule has 4 spiro atoms. The van der Waals surface area contributed by atoms with E-state index in [1.165, 1.54) is 53.9 Å². The molecule has 4 unspecified atom stereocenters. The maximum Gasteiger partial charge on any atom is 0.355 e. The van der Waals surface area contributed by atoms with Crippen molar-refractivity contribution in [3.63, 3.8) is 0 Å². The number of para-hydroxylation sites is 2. The van der Waals surface area contributed by atoms with Gasteiger partial charge in [-0.2, -0.15) is 0 Å². The number of carbonyl (C=O) groups is 11. The molecule has 4 aliphatic heterocycles. The molecule has 0 radical (unpaired) electrons. The molecule has 0 amide bonds. The summed E-state index contributed by atoms with van der Waals surface area (Å²) >= 11 is 0. The first-order valence-corrected chi connectivity index (χ1v) is 44.2. The molecule has 8 aliphatic rings. The van der Waals surface area contributed by atoms with Crippen LogP contribution in [0.4, 0.5) is 17.1 Å². The molecule has 3 aromatic carbocycles. The largest absolute Gasteiger partial charge is 0.490 e. The van der Waals surface area contributed by atoms with Crippen LogP contribution in [0.3, 0.4) is 0 Å². The molecule has 4 aromatic rings. The van der Waals surface area contributed by atoms with Crippen molar-refractivity contribution < 1.29 is 90.6 Å². The van der Waals surface area contributed by atoms with E-state index in [9.17, 15) is 52.7 Å². The van der Waals surface area contributed by atoms with E-state index in [0.717, 1.165) is 85.1 Å². The third-order valence-electron chi connectivity index (χ3n) is 24.4. The molecule has 12 rings (SSSR count). The number of carbonyl (C=O) groups excluding carboxylic acids is 11. The maximum absolute atomic E-state index is 13.6. The topological polar surface area (TPSA) is 294 Å². The quantitative estimate of drug-likeness (QED) is 0.0318. The number of ether oxygens (including phenoxy) is 8. The molecule has 0 bridgehead atoms. The van der Waals surface area contributed by atoms with E-state index in [1.54, 1.807) is 54.2 Å². The van der Waals surface area contributed by atoms with Gasteiger partial charge >= 0.3 is 41.8 Å². The van der Waals surface area contributed by atoms with Crippen molar-refractivity contribution in [1.82, 2.24) is 4.57 Å². The first-order chi connectivity index (χ1) is 60.2. The van der Waals surface area contributed by atoms with Crippen molar-refractivity contribution in [1.29, 1.82) is 0 Å². The normalized spacial score (nSPS) is 26.5. The van der Waals surface area contributed by atoms with Gasteiger partial charge in [0, 0.05) is 103 Å². The van der Waals surface area contributed by atoms with Crippen molar-refractivity contribution in [2.24, 2.45) is 28.7 Å². The summed E-state index contributed by atoms with van der Waals surface area (Å²) in [4.78, 5) is 140. The minimum absolute atomic E-state index is 0.00318. The molecule has 2 N–H and O–H groups in total. The van der Waals surface area contributed by atoms with Crippen LogP contribution < -0.4 is 15.5 Å². The molecule has 4 aliphatic carbocycles. The van der Waals surface area contributed by atoms with E-state index >= 15 is 0 Å². The highest BCUT2D eigenvalue weighted by molar-refractivity contribution is 6.02. The third kappa shape index (κ3) is 27.2. The molecule has 23 heteroatoms. The number of allylic oxidation sites excluding steroid dienone is 15. The summed E-state index contributed by atoms with van der Waals surface area (Å²) in [6.07, 6.45) is 28.8. The molecule has 680 valence electrons. The minimum atomic E-state index is -1.04. The number of cyclic esters (lactones) is 3. The van der Waals surface area contributed by atoms with Crippen molar-refractivity contribution >= 4 is 82.0 Å². The van der Waals surface area contributed by atoms with E-state index < -0.39 is 94.2 Å². The SMILES string of the molecule is C=C1CC2(C[C@H](OC(C)=O)[C@@H](Nc3ccccc3)CC2=O)[C@@H](/C=C(\C)CCC=C(C)C)O1.CC(=O)O[C@H]1CC2(CC(=O)O[C@@H]2/C=C(\C)CCC=C(C)C)C(=O)C[C@H]1Nc1ccccc1.CC(C)=CCC/C(C)=C/[C@H]1OC(=O)CC12C[C@H](OC(=O)c1ccc(N(C)C)cc1)C=CC2=O.CC(C)=CCC/C(C)=C/[C@H]1OC(=O)CC12C[C@H](OC(=O)c1cccn1C)C=CC2=O. The number of nitrogens with one attached hydrogen (secondary N) is 2. The zero-order valence-corrected chi connectivity index (χ0v) is 77.1. The summed E-state index contributed by atoms with van der Waals surface area (Å²) in [5.74, 6) is -2.45. The van der Waals surface area contributed by atoms with Gasteiger partial charge in [-0.15, -0.1) is 0 Å².